The van der Waals surface area contributed by atoms with Gasteiger partial charge in [0.1, 0.15) is 5.82 Å². The second-order valence-corrected chi connectivity index (χ2v) is 7.47. The standard InChI is InChI=1S/C19H28N4O3/c24-17-5-8-23(14-17)18-2-1-15(13-20-18)19(25)22-6-3-16(4-7-22)21-9-11-26-12-10-21/h1-2,13,16-17,24H,3-12,14H2/t17-/m0/s1. The van der Waals surface area contributed by atoms with Gasteiger partial charge < -0.3 is 19.6 Å². The third kappa shape index (κ3) is 3.84. The van der Waals surface area contributed by atoms with Gasteiger partial charge in [-0.2, -0.15) is 0 Å². The van der Waals surface area contributed by atoms with Crippen molar-refractivity contribution in [2.45, 2.75) is 31.4 Å². The number of hydrogen-bond acceptors (Lipinski definition) is 6. The second kappa shape index (κ2) is 7.90. The van der Waals surface area contributed by atoms with Crippen molar-refractivity contribution < 1.29 is 14.6 Å². The van der Waals surface area contributed by atoms with Gasteiger partial charge in [-0.1, -0.05) is 0 Å². The number of rotatable bonds is 3. The van der Waals surface area contributed by atoms with Gasteiger partial charge in [-0.15, -0.1) is 0 Å². The number of pyridine rings is 1. The Bertz CT molecular complexity index is 610. The highest BCUT2D eigenvalue weighted by atomic mass is 16.5. The zero-order chi connectivity index (χ0) is 17.9. The fraction of sp³-hybridized carbons (Fsp3) is 0.684. The Morgan fingerprint density at radius 2 is 1.85 bits per heavy atom. The number of likely N-dealkylation sites (tertiary alicyclic amines) is 1. The Balaban J connectivity index is 1.32. The molecule has 1 aromatic rings. The van der Waals surface area contributed by atoms with Gasteiger partial charge in [-0.3, -0.25) is 9.69 Å². The van der Waals surface area contributed by atoms with Gasteiger partial charge in [-0.05, 0) is 31.4 Å². The van der Waals surface area contributed by atoms with E-state index in [1.807, 2.05) is 17.0 Å². The van der Waals surface area contributed by atoms with Crippen LogP contribution < -0.4 is 4.90 Å². The van der Waals surface area contributed by atoms with Crippen molar-refractivity contribution in [3.63, 3.8) is 0 Å². The first-order chi connectivity index (χ1) is 12.7. The van der Waals surface area contributed by atoms with Crippen molar-refractivity contribution in [2.75, 3.05) is 57.4 Å². The summed E-state index contributed by atoms with van der Waals surface area (Å²) in [5.74, 6) is 0.912. The Morgan fingerprint density at radius 3 is 2.46 bits per heavy atom. The van der Waals surface area contributed by atoms with Gasteiger partial charge in [0.2, 0.25) is 0 Å². The lowest BCUT2D eigenvalue weighted by Crippen LogP contribution is -2.50. The lowest BCUT2D eigenvalue weighted by Gasteiger charge is -2.40. The van der Waals surface area contributed by atoms with Crippen LogP contribution in [0.2, 0.25) is 0 Å². The molecule has 142 valence electrons. The monoisotopic (exact) mass is 360 g/mol. The van der Waals surface area contributed by atoms with E-state index in [2.05, 4.69) is 14.8 Å². The molecule has 0 spiro atoms. The zero-order valence-electron chi connectivity index (χ0n) is 15.2. The summed E-state index contributed by atoms with van der Waals surface area (Å²) in [6, 6.07) is 4.33. The van der Waals surface area contributed by atoms with Gasteiger partial charge in [-0.25, -0.2) is 4.98 Å². The number of piperidine rings is 1. The number of carbonyl (C=O) groups is 1. The van der Waals surface area contributed by atoms with Crippen molar-refractivity contribution in [2.24, 2.45) is 0 Å². The number of anilines is 1. The molecule has 1 N–H and O–H groups in total. The van der Waals surface area contributed by atoms with E-state index >= 15 is 0 Å². The van der Waals surface area contributed by atoms with Crippen molar-refractivity contribution in [3.8, 4) is 0 Å². The molecule has 0 aromatic carbocycles. The zero-order valence-corrected chi connectivity index (χ0v) is 15.2. The maximum Gasteiger partial charge on any atom is 0.255 e. The molecule has 3 fully saturated rings. The van der Waals surface area contributed by atoms with E-state index in [0.717, 1.165) is 71.0 Å². The summed E-state index contributed by atoms with van der Waals surface area (Å²) in [7, 11) is 0. The van der Waals surface area contributed by atoms with Gasteiger partial charge in [0, 0.05) is 51.5 Å². The number of nitrogens with zero attached hydrogens (tertiary/aromatic N) is 4. The van der Waals surface area contributed by atoms with Crippen LogP contribution in [0, 0.1) is 0 Å². The smallest absolute Gasteiger partial charge is 0.255 e. The van der Waals surface area contributed by atoms with Crippen LogP contribution in [0.1, 0.15) is 29.6 Å². The number of aromatic nitrogens is 1. The summed E-state index contributed by atoms with van der Waals surface area (Å²) in [6.07, 6.45) is 4.24. The number of carbonyl (C=O) groups excluding carboxylic acids is 1. The molecular weight excluding hydrogens is 332 g/mol. The van der Waals surface area contributed by atoms with E-state index < -0.39 is 0 Å². The normalized spacial score (nSPS) is 25.7. The van der Waals surface area contributed by atoms with E-state index in [4.69, 9.17) is 4.74 Å². The Morgan fingerprint density at radius 1 is 1.08 bits per heavy atom. The van der Waals surface area contributed by atoms with E-state index in [9.17, 15) is 9.90 Å². The minimum absolute atomic E-state index is 0.0749. The highest BCUT2D eigenvalue weighted by Crippen LogP contribution is 2.21. The summed E-state index contributed by atoms with van der Waals surface area (Å²) in [5, 5.41) is 9.65. The first-order valence-electron chi connectivity index (χ1n) is 9.71. The number of β-amino-alcohol motifs (C(OH)–C–C–N with tert-alkyl or cyclic N) is 1. The number of morpholine rings is 1. The van der Waals surface area contributed by atoms with Crippen molar-refractivity contribution in [1.29, 1.82) is 0 Å². The molecule has 3 aliphatic heterocycles. The molecule has 4 rings (SSSR count). The Kier molecular flexibility index (Phi) is 5.38. The molecule has 26 heavy (non-hydrogen) atoms. The number of aliphatic hydroxyl groups excluding tert-OH is 1. The molecule has 7 nitrogen and oxygen atoms in total. The predicted molar refractivity (Wildman–Crippen MR) is 98.4 cm³/mol. The fourth-order valence-electron chi connectivity index (χ4n) is 4.21. The largest absolute Gasteiger partial charge is 0.391 e. The molecule has 7 heteroatoms. The van der Waals surface area contributed by atoms with Crippen molar-refractivity contribution >= 4 is 11.7 Å². The molecular formula is C19H28N4O3. The summed E-state index contributed by atoms with van der Waals surface area (Å²) in [6.45, 7) is 6.72. The third-order valence-electron chi connectivity index (χ3n) is 5.80. The van der Waals surface area contributed by atoms with Crippen LogP contribution >= 0.6 is 0 Å². The molecule has 1 amide bonds. The average Bonchev–Trinajstić information content (AvgIpc) is 3.15. The summed E-state index contributed by atoms with van der Waals surface area (Å²) < 4.78 is 5.43. The van der Waals surface area contributed by atoms with Crippen LogP contribution in [0.5, 0.6) is 0 Å². The first-order valence-corrected chi connectivity index (χ1v) is 9.71. The van der Waals surface area contributed by atoms with Crippen LogP contribution in [0.3, 0.4) is 0 Å². The summed E-state index contributed by atoms with van der Waals surface area (Å²) >= 11 is 0. The maximum atomic E-state index is 12.8. The number of aliphatic hydroxyl groups is 1. The summed E-state index contributed by atoms with van der Waals surface area (Å²) in [4.78, 5) is 23.7. The molecule has 3 saturated heterocycles. The van der Waals surface area contributed by atoms with Crippen LogP contribution in [0.15, 0.2) is 18.3 Å². The summed E-state index contributed by atoms with van der Waals surface area (Å²) in [5.41, 5.74) is 0.651. The van der Waals surface area contributed by atoms with Gasteiger partial charge >= 0.3 is 0 Å². The highest BCUT2D eigenvalue weighted by Gasteiger charge is 2.28. The van der Waals surface area contributed by atoms with Crippen molar-refractivity contribution in [3.05, 3.63) is 23.9 Å². The first kappa shape index (κ1) is 17.7. The number of hydrogen-bond donors (Lipinski definition) is 1. The van der Waals surface area contributed by atoms with E-state index in [1.165, 1.54) is 0 Å². The number of amides is 1. The lowest BCUT2D eigenvalue weighted by molar-refractivity contribution is 0.00158. The van der Waals surface area contributed by atoms with E-state index in [0.29, 0.717) is 18.2 Å². The topological polar surface area (TPSA) is 69.1 Å². The highest BCUT2D eigenvalue weighted by molar-refractivity contribution is 5.94. The molecule has 3 aliphatic rings. The minimum atomic E-state index is -0.272. The van der Waals surface area contributed by atoms with E-state index in [1.54, 1.807) is 6.20 Å². The number of ether oxygens (including phenoxy) is 1. The maximum absolute atomic E-state index is 12.8. The molecule has 1 aromatic heterocycles. The molecule has 0 saturated carbocycles. The Hall–Kier alpha value is -1.70. The lowest BCUT2D eigenvalue weighted by atomic mass is 10.0. The van der Waals surface area contributed by atoms with Crippen LogP contribution in [-0.4, -0.2) is 90.4 Å². The molecule has 1 atom stereocenters. The molecule has 0 unspecified atom stereocenters. The van der Waals surface area contributed by atoms with Crippen molar-refractivity contribution in [1.82, 2.24) is 14.8 Å². The quantitative estimate of drug-likeness (QED) is 0.851. The van der Waals surface area contributed by atoms with Crippen LogP contribution in [0.4, 0.5) is 5.82 Å². The Labute approximate surface area is 154 Å². The molecule has 0 bridgehead atoms. The van der Waals surface area contributed by atoms with Crippen LogP contribution in [-0.2, 0) is 4.74 Å². The second-order valence-electron chi connectivity index (χ2n) is 7.47. The van der Waals surface area contributed by atoms with Gasteiger partial charge in [0.05, 0.1) is 24.9 Å². The van der Waals surface area contributed by atoms with E-state index in [-0.39, 0.29) is 12.0 Å². The fourth-order valence-corrected chi connectivity index (χ4v) is 4.21. The average molecular weight is 360 g/mol. The van der Waals surface area contributed by atoms with Gasteiger partial charge in [0.15, 0.2) is 0 Å². The van der Waals surface area contributed by atoms with Crippen LogP contribution in [0.25, 0.3) is 0 Å². The molecule has 0 aliphatic carbocycles. The third-order valence-corrected chi connectivity index (χ3v) is 5.80. The molecule has 4 heterocycles. The predicted octanol–water partition coefficient (Wildman–Crippen LogP) is 0.589. The SMILES string of the molecule is O=C(c1ccc(N2CC[C@H](O)C2)nc1)N1CCC(N2CCOCC2)CC1. The molecule has 0 radical (unpaired) electrons. The van der Waals surface area contributed by atoms with Gasteiger partial charge in [0.25, 0.3) is 5.91 Å². The minimum Gasteiger partial charge on any atom is -0.391 e.